The summed E-state index contributed by atoms with van der Waals surface area (Å²) < 4.78 is 10.7. The molecular formula is C27H32N2O6. The summed E-state index contributed by atoms with van der Waals surface area (Å²) in [5.41, 5.74) is 4.63. The van der Waals surface area contributed by atoms with Gasteiger partial charge in [0.25, 0.3) is 0 Å². The number of carbonyl (C=O) groups excluding carboxylic acids is 2. The summed E-state index contributed by atoms with van der Waals surface area (Å²) >= 11 is 0. The molecule has 0 bridgehead atoms. The molecule has 0 heterocycles. The third-order valence-corrected chi connectivity index (χ3v) is 7.12. The average molecular weight is 481 g/mol. The number of alkyl carbamates (subject to hydrolysis) is 1. The Morgan fingerprint density at radius 3 is 2.26 bits per heavy atom. The van der Waals surface area contributed by atoms with Crippen LogP contribution in [0.25, 0.3) is 11.1 Å². The number of hydrogen-bond acceptors (Lipinski definition) is 5. The van der Waals surface area contributed by atoms with Gasteiger partial charge in [-0.05, 0) is 48.4 Å². The lowest BCUT2D eigenvalue weighted by Gasteiger charge is -2.30. The van der Waals surface area contributed by atoms with Crippen LogP contribution < -0.4 is 10.6 Å². The lowest BCUT2D eigenvalue weighted by atomic mass is 9.85. The quantitative estimate of drug-likeness (QED) is 0.531. The predicted octanol–water partition coefficient (Wildman–Crippen LogP) is 3.69. The molecule has 4 atom stereocenters. The number of nitrogens with one attached hydrogen (secondary N) is 2. The molecule has 1 fully saturated rings. The molecule has 8 heteroatoms. The smallest absolute Gasteiger partial charge is 0.407 e. The molecule has 2 unspecified atom stereocenters. The molecule has 0 spiro atoms. The topological polar surface area (TPSA) is 114 Å². The monoisotopic (exact) mass is 480 g/mol. The zero-order valence-electron chi connectivity index (χ0n) is 20.0. The van der Waals surface area contributed by atoms with Crippen LogP contribution in [0.5, 0.6) is 0 Å². The van der Waals surface area contributed by atoms with Gasteiger partial charge in [-0.1, -0.05) is 55.0 Å². The van der Waals surface area contributed by atoms with Crippen molar-refractivity contribution in [3.05, 3.63) is 59.7 Å². The van der Waals surface area contributed by atoms with E-state index in [1.165, 1.54) is 18.2 Å². The van der Waals surface area contributed by atoms with Crippen molar-refractivity contribution in [2.75, 3.05) is 13.7 Å². The standard InChI is InChI=1S/C27H32N2O6/c1-16(34-2)24(26(31)32)29-25(30)17-8-7-9-18(14-17)28-27(33)35-15-23-21-12-5-3-10-19(21)20-11-4-6-13-22(20)23/h3-6,10-13,16-18,23-24H,7-9,14-15H2,1-2H3,(H,28,33)(H,29,30)(H,31,32)/t16?,17-,18+,24?/m1/s1. The van der Waals surface area contributed by atoms with Gasteiger partial charge in [-0.2, -0.15) is 0 Å². The first-order valence-corrected chi connectivity index (χ1v) is 12.1. The zero-order chi connectivity index (χ0) is 24.9. The average Bonchev–Trinajstić information content (AvgIpc) is 3.19. The lowest BCUT2D eigenvalue weighted by Crippen LogP contribution is -2.51. The summed E-state index contributed by atoms with van der Waals surface area (Å²) in [4.78, 5) is 36.9. The number of methoxy groups -OCH3 is 1. The van der Waals surface area contributed by atoms with Crippen LogP contribution >= 0.6 is 0 Å². The van der Waals surface area contributed by atoms with E-state index in [9.17, 15) is 19.5 Å². The van der Waals surface area contributed by atoms with Crippen LogP contribution in [0, 0.1) is 5.92 Å². The van der Waals surface area contributed by atoms with E-state index >= 15 is 0 Å². The minimum absolute atomic E-state index is 0.0197. The van der Waals surface area contributed by atoms with Crippen LogP contribution in [0.2, 0.25) is 0 Å². The Bertz CT molecular complexity index is 1040. The Labute approximate surface area is 205 Å². The third-order valence-electron chi connectivity index (χ3n) is 7.12. The number of carboxylic acid groups (broad SMARTS) is 1. The summed E-state index contributed by atoms with van der Waals surface area (Å²) in [6.07, 6.45) is 1.41. The normalized spacial score (nSPS) is 20.7. The zero-order valence-corrected chi connectivity index (χ0v) is 20.0. The van der Waals surface area contributed by atoms with Gasteiger partial charge in [-0.25, -0.2) is 9.59 Å². The Hall–Kier alpha value is -3.39. The Morgan fingerprint density at radius 2 is 1.66 bits per heavy atom. The van der Waals surface area contributed by atoms with Crippen molar-refractivity contribution in [1.82, 2.24) is 10.6 Å². The minimum atomic E-state index is -1.14. The second-order valence-electron chi connectivity index (χ2n) is 9.30. The van der Waals surface area contributed by atoms with Crippen molar-refractivity contribution in [3.8, 4) is 11.1 Å². The van der Waals surface area contributed by atoms with Crippen LogP contribution in [0.4, 0.5) is 4.79 Å². The number of fused-ring (bicyclic) bond motifs is 3. The van der Waals surface area contributed by atoms with Crippen molar-refractivity contribution in [1.29, 1.82) is 0 Å². The highest BCUT2D eigenvalue weighted by molar-refractivity contribution is 5.85. The third kappa shape index (κ3) is 5.48. The van der Waals surface area contributed by atoms with Crippen LogP contribution in [0.15, 0.2) is 48.5 Å². The first kappa shape index (κ1) is 24.7. The van der Waals surface area contributed by atoms with Gasteiger partial charge in [0.15, 0.2) is 6.04 Å². The number of aliphatic carboxylic acids is 1. The Morgan fingerprint density at radius 1 is 1.03 bits per heavy atom. The number of rotatable bonds is 8. The van der Waals surface area contributed by atoms with Crippen molar-refractivity contribution in [2.24, 2.45) is 5.92 Å². The molecule has 2 aromatic rings. The highest BCUT2D eigenvalue weighted by Crippen LogP contribution is 2.44. The number of carbonyl (C=O) groups is 3. The first-order chi connectivity index (χ1) is 16.9. The number of benzene rings is 2. The molecule has 1 saturated carbocycles. The minimum Gasteiger partial charge on any atom is -0.480 e. The molecule has 2 aliphatic carbocycles. The summed E-state index contributed by atoms with van der Waals surface area (Å²) in [6.45, 7) is 1.83. The number of ether oxygens (including phenoxy) is 2. The molecule has 3 N–H and O–H groups in total. The summed E-state index contributed by atoms with van der Waals surface area (Å²) in [5.74, 6) is -1.88. The SMILES string of the molecule is COC(C)C(NC(=O)[C@@H]1CCC[C@H](NC(=O)OCC2c3ccccc3-c3ccccc32)C1)C(=O)O. The van der Waals surface area contributed by atoms with Gasteiger partial charge < -0.3 is 25.2 Å². The number of hydrogen-bond donors (Lipinski definition) is 3. The van der Waals surface area contributed by atoms with Crippen molar-refractivity contribution >= 4 is 18.0 Å². The molecule has 4 rings (SSSR count). The molecular weight excluding hydrogens is 448 g/mol. The van der Waals surface area contributed by atoms with E-state index in [-0.39, 0.29) is 30.4 Å². The van der Waals surface area contributed by atoms with Crippen LogP contribution in [-0.4, -0.2) is 55.0 Å². The van der Waals surface area contributed by atoms with Crippen molar-refractivity contribution < 1.29 is 29.0 Å². The van der Waals surface area contributed by atoms with E-state index in [2.05, 4.69) is 34.9 Å². The van der Waals surface area contributed by atoms with Gasteiger partial charge in [-0.15, -0.1) is 0 Å². The van der Waals surface area contributed by atoms with Gasteiger partial charge in [-0.3, -0.25) is 4.79 Å². The maximum absolute atomic E-state index is 12.7. The maximum atomic E-state index is 12.7. The second-order valence-corrected chi connectivity index (χ2v) is 9.30. The van der Waals surface area contributed by atoms with Crippen molar-refractivity contribution in [2.45, 2.75) is 56.7 Å². The molecule has 186 valence electrons. The predicted molar refractivity (Wildman–Crippen MR) is 130 cm³/mol. The van der Waals surface area contributed by atoms with E-state index in [0.717, 1.165) is 24.0 Å². The van der Waals surface area contributed by atoms with Gasteiger partial charge in [0, 0.05) is 25.0 Å². The summed E-state index contributed by atoms with van der Waals surface area (Å²) in [5, 5.41) is 14.9. The maximum Gasteiger partial charge on any atom is 0.407 e. The second kappa shape index (κ2) is 10.9. The Balaban J connectivity index is 1.32. The molecule has 2 aromatic carbocycles. The lowest BCUT2D eigenvalue weighted by molar-refractivity contribution is -0.146. The van der Waals surface area contributed by atoms with E-state index in [1.807, 2.05) is 24.3 Å². The van der Waals surface area contributed by atoms with Gasteiger partial charge in [0.05, 0.1) is 6.10 Å². The summed E-state index contributed by atoms with van der Waals surface area (Å²) in [7, 11) is 1.40. The molecule has 0 aliphatic heterocycles. The molecule has 0 saturated heterocycles. The van der Waals surface area contributed by atoms with E-state index in [1.54, 1.807) is 6.92 Å². The highest BCUT2D eigenvalue weighted by Gasteiger charge is 2.34. The number of amides is 2. The van der Waals surface area contributed by atoms with Gasteiger partial charge in [0.2, 0.25) is 5.91 Å². The fraction of sp³-hybridized carbons (Fsp3) is 0.444. The molecule has 2 amide bonds. The van der Waals surface area contributed by atoms with Gasteiger partial charge in [0.1, 0.15) is 6.61 Å². The highest BCUT2D eigenvalue weighted by atomic mass is 16.5. The van der Waals surface area contributed by atoms with Crippen LogP contribution in [-0.2, 0) is 19.1 Å². The largest absolute Gasteiger partial charge is 0.480 e. The molecule has 0 aromatic heterocycles. The van der Waals surface area contributed by atoms with Crippen molar-refractivity contribution in [3.63, 3.8) is 0 Å². The molecule has 35 heavy (non-hydrogen) atoms. The first-order valence-electron chi connectivity index (χ1n) is 12.1. The van der Waals surface area contributed by atoms with E-state index in [4.69, 9.17) is 9.47 Å². The van der Waals surface area contributed by atoms with Crippen LogP contribution in [0.1, 0.15) is 49.7 Å². The van der Waals surface area contributed by atoms with Crippen LogP contribution in [0.3, 0.4) is 0 Å². The summed E-state index contributed by atoms with van der Waals surface area (Å²) in [6, 6.07) is 15.0. The molecule has 2 aliphatic rings. The fourth-order valence-corrected chi connectivity index (χ4v) is 5.15. The fourth-order valence-electron chi connectivity index (χ4n) is 5.15. The van der Waals surface area contributed by atoms with E-state index in [0.29, 0.717) is 12.8 Å². The molecule has 8 nitrogen and oxygen atoms in total. The number of carboxylic acids is 1. The van der Waals surface area contributed by atoms with Gasteiger partial charge >= 0.3 is 12.1 Å². The Kier molecular flexibility index (Phi) is 7.70. The molecule has 0 radical (unpaired) electrons. The van der Waals surface area contributed by atoms with E-state index < -0.39 is 24.2 Å².